The summed E-state index contributed by atoms with van der Waals surface area (Å²) in [6.45, 7) is 6.92. The second kappa shape index (κ2) is 6.09. The zero-order valence-electron chi connectivity index (χ0n) is 9.88. The second-order valence-corrected chi connectivity index (χ2v) is 4.92. The molecule has 0 spiro atoms. The number of rotatable bonds is 5. The van der Waals surface area contributed by atoms with E-state index < -0.39 is 0 Å². The summed E-state index contributed by atoms with van der Waals surface area (Å²) in [5.74, 6) is 0. The number of piperidine rings is 1. The SMILES string of the molecule is CC(C)(C#N)CCCOC1CCNCC1. The lowest BCUT2D eigenvalue weighted by molar-refractivity contribution is 0.0286. The summed E-state index contributed by atoms with van der Waals surface area (Å²) in [6.07, 6.45) is 4.61. The Morgan fingerprint density at radius 1 is 1.40 bits per heavy atom. The lowest BCUT2D eigenvalue weighted by atomic mass is 9.90. The fourth-order valence-corrected chi connectivity index (χ4v) is 1.78. The highest BCUT2D eigenvalue weighted by Gasteiger charge is 2.17. The monoisotopic (exact) mass is 210 g/mol. The Kier molecular flexibility index (Phi) is 5.07. The summed E-state index contributed by atoms with van der Waals surface area (Å²) in [6, 6.07) is 2.31. The van der Waals surface area contributed by atoms with E-state index in [1.54, 1.807) is 0 Å². The molecule has 0 atom stereocenters. The molecule has 0 amide bonds. The van der Waals surface area contributed by atoms with Gasteiger partial charge >= 0.3 is 0 Å². The molecular formula is C12H22N2O. The van der Waals surface area contributed by atoms with E-state index in [4.69, 9.17) is 10.00 Å². The zero-order chi connectivity index (χ0) is 11.1. The number of hydrogen-bond acceptors (Lipinski definition) is 3. The summed E-state index contributed by atoms with van der Waals surface area (Å²) in [4.78, 5) is 0. The van der Waals surface area contributed by atoms with Crippen molar-refractivity contribution >= 4 is 0 Å². The summed E-state index contributed by atoms with van der Waals surface area (Å²) in [5.41, 5.74) is -0.197. The molecule has 0 unspecified atom stereocenters. The predicted octanol–water partition coefficient (Wildman–Crippen LogP) is 2.08. The number of nitrogens with one attached hydrogen (secondary N) is 1. The van der Waals surface area contributed by atoms with Crippen LogP contribution in [-0.2, 0) is 4.74 Å². The van der Waals surface area contributed by atoms with Crippen molar-refractivity contribution in [2.75, 3.05) is 19.7 Å². The molecule has 3 nitrogen and oxygen atoms in total. The third kappa shape index (κ3) is 5.15. The first kappa shape index (κ1) is 12.5. The first-order chi connectivity index (χ1) is 7.14. The van der Waals surface area contributed by atoms with Crippen molar-refractivity contribution < 1.29 is 4.74 Å². The Morgan fingerprint density at radius 2 is 2.07 bits per heavy atom. The third-order valence-corrected chi connectivity index (χ3v) is 2.89. The first-order valence-corrected chi connectivity index (χ1v) is 5.88. The summed E-state index contributed by atoms with van der Waals surface area (Å²) in [7, 11) is 0. The molecule has 1 heterocycles. The molecule has 0 radical (unpaired) electrons. The van der Waals surface area contributed by atoms with Crippen LogP contribution in [0.15, 0.2) is 0 Å². The molecule has 1 saturated heterocycles. The van der Waals surface area contributed by atoms with Gasteiger partial charge in [0.25, 0.3) is 0 Å². The summed E-state index contributed by atoms with van der Waals surface area (Å²) >= 11 is 0. The average Bonchev–Trinajstić information content (AvgIpc) is 2.26. The van der Waals surface area contributed by atoms with E-state index in [9.17, 15) is 0 Å². The molecule has 0 aromatic heterocycles. The topological polar surface area (TPSA) is 45.0 Å². The van der Waals surface area contributed by atoms with E-state index in [2.05, 4.69) is 11.4 Å². The smallest absolute Gasteiger partial charge is 0.0683 e. The maximum absolute atomic E-state index is 8.84. The Hall–Kier alpha value is -0.590. The molecule has 0 aromatic rings. The lowest BCUT2D eigenvalue weighted by Crippen LogP contribution is -2.32. The Balaban J connectivity index is 2.04. The normalized spacial score (nSPS) is 18.7. The molecule has 0 bridgehead atoms. The second-order valence-electron chi connectivity index (χ2n) is 4.92. The third-order valence-electron chi connectivity index (χ3n) is 2.89. The van der Waals surface area contributed by atoms with Crippen molar-refractivity contribution in [2.24, 2.45) is 5.41 Å². The van der Waals surface area contributed by atoms with E-state index in [1.807, 2.05) is 13.8 Å². The van der Waals surface area contributed by atoms with Crippen LogP contribution in [0.3, 0.4) is 0 Å². The number of nitrogens with zero attached hydrogens (tertiary/aromatic N) is 1. The van der Waals surface area contributed by atoms with Crippen molar-refractivity contribution in [1.82, 2.24) is 5.32 Å². The molecule has 1 fully saturated rings. The molecule has 1 N–H and O–H groups in total. The van der Waals surface area contributed by atoms with Crippen molar-refractivity contribution in [3.05, 3.63) is 0 Å². The lowest BCUT2D eigenvalue weighted by Gasteiger charge is -2.23. The van der Waals surface area contributed by atoms with Crippen LogP contribution in [0.4, 0.5) is 0 Å². The first-order valence-electron chi connectivity index (χ1n) is 5.88. The maximum Gasteiger partial charge on any atom is 0.0683 e. The van der Waals surface area contributed by atoms with Gasteiger partial charge in [0.05, 0.1) is 17.6 Å². The van der Waals surface area contributed by atoms with Crippen LogP contribution in [0.25, 0.3) is 0 Å². The average molecular weight is 210 g/mol. The highest BCUT2D eigenvalue weighted by molar-refractivity contribution is 4.91. The fraction of sp³-hybridized carbons (Fsp3) is 0.917. The van der Waals surface area contributed by atoms with Crippen molar-refractivity contribution in [3.8, 4) is 6.07 Å². The zero-order valence-corrected chi connectivity index (χ0v) is 9.88. The number of ether oxygens (including phenoxy) is 1. The number of nitriles is 1. The van der Waals surface area contributed by atoms with Gasteiger partial charge in [0, 0.05) is 6.61 Å². The molecule has 0 saturated carbocycles. The molecule has 15 heavy (non-hydrogen) atoms. The van der Waals surface area contributed by atoms with Gasteiger partial charge in [-0.15, -0.1) is 0 Å². The van der Waals surface area contributed by atoms with Gasteiger partial charge in [-0.3, -0.25) is 0 Å². The Labute approximate surface area is 92.8 Å². The standard InChI is InChI=1S/C12H22N2O/c1-12(2,10-13)6-3-9-15-11-4-7-14-8-5-11/h11,14H,3-9H2,1-2H3. The van der Waals surface area contributed by atoms with Crippen LogP contribution in [-0.4, -0.2) is 25.8 Å². The van der Waals surface area contributed by atoms with E-state index in [1.165, 1.54) is 0 Å². The minimum Gasteiger partial charge on any atom is -0.378 e. The molecule has 3 heteroatoms. The van der Waals surface area contributed by atoms with Crippen LogP contribution < -0.4 is 5.32 Å². The van der Waals surface area contributed by atoms with Gasteiger partial charge in [-0.1, -0.05) is 0 Å². The maximum atomic E-state index is 8.84. The quantitative estimate of drug-likeness (QED) is 0.707. The Morgan fingerprint density at radius 3 is 2.67 bits per heavy atom. The largest absolute Gasteiger partial charge is 0.378 e. The molecule has 86 valence electrons. The van der Waals surface area contributed by atoms with Gasteiger partial charge in [0.1, 0.15) is 0 Å². The molecule has 0 aliphatic carbocycles. The van der Waals surface area contributed by atoms with Gasteiger partial charge in [0.15, 0.2) is 0 Å². The highest BCUT2D eigenvalue weighted by Crippen LogP contribution is 2.20. The van der Waals surface area contributed by atoms with Gasteiger partial charge in [-0.05, 0) is 52.6 Å². The van der Waals surface area contributed by atoms with Gasteiger partial charge in [-0.2, -0.15) is 5.26 Å². The van der Waals surface area contributed by atoms with Gasteiger partial charge < -0.3 is 10.1 Å². The molecule has 0 aromatic carbocycles. The van der Waals surface area contributed by atoms with Crippen LogP contribution in [0.1, 0.15) is 39.5 Å². The molecule has 1 aliphatic rings. The predicted molar refractivity (Wildman–Crippen MR) is 60.5 cm³/mol. The highest BCUT2D eigenvalue weighted by atomic mass is 16.5. The van der Waals surface area contributed by atoms with E-state index in [0.29, 0.717) is 6.10 Å². The molecular weight excluding hydrogens is 188 g/mol. The summed E-state index contributed by atoms with van der Waals surface area (Å²) < 4.78 is 5.77. The van der Waals surface area contributed by atoms with Crippen LogP contribution in [0.5, 0.6) is 0 Å². The van der Waals surface area contributed by atoms with E-state index >= 15 is 0 Å². The van der Waals surface area contributed by atoms with Crippen LogP contribution in [0, 0.1) is 16.7 Å². The van der Waals surface area contributed by atoms with Gasteiger partial charge in [-0.25, -0.2) is 0 Å². The fourth-order valence-electron chi connectivity index (χ4n) is 1.78. The minimum absolute atomic E-state index is 0.197. The van der Waals surface area contributed by atoms with E-state index in [-0.39, 0.29) is 5.41 Å². The minimum atomic E-state index is -0.197. The van der Waals surface area contributed by atoms with Crippen LogP contribution in [0.2, 0.25) is 0 Å². The van der Waals surface area contributed by atoms with E-state index in [0.717, 1.165) is 45.4 Å². The van der Waals surface area contributed by atoms with Crippen molar-refractivity contribution in [2.45, 2.75) is 45.6 Å². The van der Waals surface area contributed by atoms with Crippen LogP contribution >= 0.6 is 0 Å². The van der Waals surface area contributed by atoms with Crippen molar-refractivity contribution in [3.63, 3.8) is 0 Å². The van der Waals surface area contributed by atoms with Gasteiger partial charge in [0.2, 0.25) is 0 Å². The molecule has 1 aliphatic heterocycles. The van der Waals surface area contributed by atoms with Crippen molar-refractivity contribution in [1.29, 1.82) is 5.26 Å². The Bertz CT molecular complexity index is 214. The molecule has 1 rings (SSSR count). The summed E-state index contributed by atoms with van der Waals surface area (Å²) in [5, 5.41) is 12.2. The number of hydrogen-bond donors (Lipinski definition) is 1.